The highest BCUT2D eigenvalue weighted by Crippen LogP contribution is 2.23. The molecule has 5 nitrogen and oxygen atoms in total. The Bertz CT molecular complexity index is 631. The molecule has 0 aliphatic heterocycles. The van der Waals surface area contributed by atoms with Gasteiger partial charge in [-0.1, -0.05) is 20.8 Å². The summed E-state index contributed by atoms with van der Waals surface area (Å²) in [5, 5.41) is 19.2. The van der Waals surface area contributed by atoms with Gasteiger partial charge in [-0.2, -0.15) is 5.26 Å². The summed E-state index contributed by atoms with van der Waals surface area (Å²) < 4.78 is 1.98. The van der Waals surface area contributed by atoms with Crippen LogP contribution in [0.5, 0.6) is 0 Å². The van der Waals surface area contributed by atoms with Crippen molar-refractivity contribution < 1.29 is 5.11 Å². The van der Waals surface area contributed by atoms with Gasteiger partial charge in [0.2, 0.25) is 5.82 Å². The minimum absolute atomic E-state index is 0.0393. The summed E-state index contributed by atoms with van der Waals surface area (Å²) in [4.78, 5) is 8.20. The van der Waals surface area contributed by atoms with Crippen LogP contribution in [0.3, 0.4) is 0 Å². The van der Waals surface area contributed by atoms with Crippen LogP contribution in [0.15, 0.2) is 12.3 Å². The molecule has 0 fully saturated rings. The van der Waals surface area contributed by atoms with Crippen LogP contribution in [0.4, 0.5) is 0 Å². The summed E-state index contributed by atoms with van der Waals surface area (Å²) in [6.07, 6.45) is 2.60. The van der Waals surface area contributed by atoms with E-state index in [4.69, 9.17) is 5.26 Å². The Morgan fingerprint density at radius 1 is 1.42 bits per heavy atom. The van der Waals surface area contributed by atoms with E-state index >= 15 is 0 Å². The van der Waals surface area contributed by atoms with Crippen molar-refractivity contribution in [1.29, 1.82) is 5.26 Å². The molecule has 0 aliphatic rings. The minimum atomic E-state index is -0.0393. The lowest BCUT2D eigenvalue weighted by Crippen LogP contribution is -2.12. The van der Waals surface area contributed by atoms with Crippen LogP contribution in [-0.4, -0.2) is 19.6 Å². The van der Waals surface area contributed by atoms with Crippen molar-refractivity contribution in [2.75, 3.05) is 0 Å². The molecule has 0 aliphatic carbocycles. The first kappa shape index (κ1) is 13.5. The molecule has 0 atom stereocenters. The standard InChI is InChI=1S/C14H18N4O/c1-14(2,3)4-5-18-11(9-19)6-10-8-16-12(7-15)17-13(10)18/h6,8,19H,4-5,9H2,1-3H3. The van der Waals surface area contributed by atoms with E-state index in [1.54, 1.807) is 6.20 Å². The second-order valence-electron chi connectivity index (χ2n) is 5.84. The molecule has 2 heterocycles. The SMILES string of the molecule is CC(C)(C)CCn1c(CO)cc2cnc(C#N)nc21. The molecular formula is C14H18N4O. The lowest BCUT2D eigenvalue weighted by atomic mass is 9.92. The Morgan fingerprint density at radius 2 is 2.16 bits per heavy atom. The van der Waals surface area contributed by atoms with Gasteiger partial charge in [-0.3, -0.25) is 0 Å². The summed E-state index contributed by atoms with van der Waals surface area (Å²) in [5.41, 5.74) is 1.73. The predicted octanol–water partition coefficient (Wildman–Crippen LogP) is 2.23. The van der Waals surface area contributed by atoms with E-state index in [-0.39, 0.29) is 17.8 Å². The highest BCUT2D eigenvalue weighted by atomic mass is 16.3. The smallest absolute Gasteiger partial charge is 0.234 e. The van der Waals surface area contributed by atoms with Crippen molar-refractivity contribution in [3.8, 4) is 6.07 Å². The molecule has 1 N–H and O–H groups in total. The average Bonchev–Trinajstić information content (AvgIpc) is 2.72. The maximum absolute atomic E-state index is 9.44. The number of aromatic nitrogens is 3. The van der Waals surface area contributed by atoms with Crippen LogP contribution >= 0.6 is 0 Å². The van der Waals surface area contributed by atoms with Gasteiger partial charge in [0.15, 0.2) is 0 Å². The number of nitriles is 1. The molecular weight excluding hydrogens is 240 g/mol. The molecule has 19 heavy (non-hydrogen) atoms. The Hall–Kier alpha value is -1.93. The normalized spacial score (nSPS) is 11.7. The Balaban J connectivity index is 2.47. The van der Waals surface area contributed by atoms with Gasteiger partial charge in [-0.15, -0.1) is 0 Å². The molecule has 2 aromatic rings. The predicted molar refractivity (Wildman–Crippen MR) is 72.2 cm³/mol. The molecule has 0 spiro atoms. The Kier molecular flexibility index (Phi) is 3.54. The zero-order valence-corrected chi connectivity index (χ0v) is 11.5. The van der Waals surface area contributed by atoms with Crippen molar-refractivity contribution in [1.82, 2.24) is 14.5 Å². The first-order valence-corrected chi connectivity index (χ1v) is 6.31. The maximum Gasteiger partial charge on any atom is 0.234 e. The van der Waals surface area contributed by atoms with Crippen molar-refractivity contribution in [3.63, 3.8) is 0 Å². The molecule has 0 aromatic carbocycles. The first-order valence-electron chi connectivity index (χ1n) is 6.31. The highest BCUT2D eigenvalue weighted by molar-refractivity contribution is 5.76. The van der Waals surface area contributed by atoms with Crippen molar-refractivity contribution in [2.45, 2.75) is 40.3 Å². The number of fused-ring (bicyclic) bond motifs is 1. The van der Waals surface area contributed by atoms with Crippen molar-refractivity contribution in [2.24, 2.45) is 5.41 Å². The van der Waals surface area contributed by atoms with Crippen molar-refractivity contribution in [3.05, 3.63) is 23.8 Å². The number of hydrogen-bond acceptors (Lipinski definition) is 4. The Labute approximate surface area is 112 Å². The lowest BCUT2D eigenvalue weighted by Gasteiger charge is -2.19. The summed E-state index contributed by atoms with van der Waals surface area (Å²) in [5.74, 6) is 0.159. The molecule has 0 saturated heterocycles. The molecule has 0 radical (unpaired) electrons. The molecule has 0 bridgehead atoms. The fourth-order valence-corrected chi connectivity index (χ4v) is 1.98. The Morgan fingerprint density at radius 3 is 2.74 bits per heavy atom. The van der Waals surface area contributed by atoms with E-state index in [1.165, 1.54) is 0 Å². The van der Waals surface area contributed by atoms with Gasteiger partial charge >= 0.3 is 0 Å². The van der Waals surface area contributed by atoms with Crippen molar-refractivity contribution >= 4 is 11.0 Å². The van der Waals surface area contributed by atoms with Crippen LogP contribution < -0.4 is 0 Å². The van der Waals surface area contributed by atoms with Crippen LogP contribution in [0.1, 0.15) is 38.7 Å². The molecule has 0 saturated carbocycles. The number of hydrogen-bond donors (Lipinski definition) is 1. The van der Waals surface area contributed by atoms with E-state index in [0.717, 1.165) is 29.7 Å². The summed E-state index contributed by atoms with van der Waals surface area (Å²) in [6.45, 7) is 7.25. The van der Waals surface area contributed by atoms with Crippen LogP contribution in [0.2, 0.25) is 0 Å². The van der Waals surface area contributed by atoms with Gasteiger partial charge in [-0.05, 0) is 17.9 Å². The molecule has 0 unspecified atom stereocenters. The zero-order chi connectivity index (χ0) is 14.0. The van der Waals surface area contributed by atoms with E-state index in [9.17, 15) is 5.11 Å². The quantitative estimate of drug-likeness (QED) is 0.916. The fourth-order valence-electron chi connectivity index (χ4n) is 1.98. The van der Waals surface area contributed by atoms with Crippen LogP contribution in [0, 0.1) is 16.7 Å². The fraction of sp³-hybridized carbons (Fsp3) is 0.500. The van der Waals surface area contributed by atoms with Crippen LogP contribution in [0.25, 0.3) is 11.0 Å². The topological polar surface area (TPSA) is 74.7 Å². The number of aryl methyl sites for hydroxylation is 1. The third kappa shape index (κ3) is 2.91. The second-order valence-corrected chi connectivity index (χ2v) is 5.84. The minimum Gasteiger partial charge on any atom is -0.390 e. The van der Waals surface area contributed by atoms with Gasteiger partial charge in [0.25, 0.3) is 0 Å². The van der Waals surface area contributed by atoms with E-state index in [0.29, 0.717) is 0 Å². The monoisotopic (exact) mass is 258 g/mol. The molecule has 100 valence electrons. The second kappa shape index (κ2) is 4.98. The summed E-state index contributed by atoms with van der Waals surface area (Å²) in [7, 11) is 0. The molecule has 2 rings (SSSR count). The van der Waals surface area contributed by atoms with Gasteiger partial charge in [-0.25, -0.2) is 9.97 Å². The van der Waals surface area contributed by atoms with Gasteiger partial charge in [0.05, 0.1) is 6.61 Å². The highest BCUT2D eigenvalue weighted by Gasteiger charge is 2.15. The largest absolute Gasteiger partial charge is 0.390 e. The van der Waals surface area contributed by atoms with Gasteiger partial charge < -0.3 is 9.67 Å². The van der Waals surface area contributed by atoms with Crippen LogP contribution in [-0.2, 0) is 13.2 Å². The average molecular weight is 258 g/mol. The number of nitrogens with zero attached hydrogens (tertiary/aromatic N) is 4. The summed E-state index contributed by atoms with van der Waals surface area (Å²) >= 11 is 0. The van der Waals surface area contributed by atoms with E-state index in [1.807, 2.05) is 16.7 Å². The zero-order valence-electron chi connectivity index (χ0n) is 11.5. The van der Waals surface area contributed by atoms with Gasteiger partial charge in [0.1, 0.15) is 11.7 Å². The summed E-state index contributed by atoms with van der Waals surface area (Å²) in [6, 6.07) is 3.82. The van der Waals surface area contributed by atoms with Gasteiger partial charge in [0, 0.05) is 23.8 Å². The first-order chi connectivity index (χ1) is 8.94. The third-order valence-corrected chi connectivity index (χ3v) is 3.07. The molecule has 5 heteroatoms. The lowest BCUT2D eigenvalue weighted by molar-refractivity contribution is 0.266. The third-order valence-electron chi connectivity index (χ3n) is 3.07. The van der Waals surface area contributed by atoms with E-state index < -0.39 is 0 Å². The molecule has 0 amide bonds. The number of rotatable bonds is 3. The number of aliphatic hydroxyl groups is 1. The maximum atomic E-state index is 9.44. The van der Waals surface area contributed by atoms with E-state index in [2.05, 4.69) is 30.7 Å². The number of aliphatic hydroxyl groups excluding tert-OH is 1. The molecule has 2 aromatic heterocycles.